The maximum absolute atomic E-state index is 10.7. The molecule has 0 spiro atoms. The smallest absolute Gasteiger partial charge is 0.305 e. The maximum Gasteiger partial charge on any atom is 0.305 e. The zero-order chi connectivity index (χ0) is 7.82. The van der Waals surface area contributed by atoms with E-state index in [1.54, 1.807) is 0 Å². The van der Waals surface area contributed by atoms with E-state index < -0.39 is 0 Å². The van der Waals surface area contributed by atoms with E-state index in [0.29, 0.717) is 19.4 Å². The van der Waals surface area contributed by atoms with Crippen molar-refractivity contribution in [3.05, 3.63) is 6.92 Å². The average Bonchev–Trinajstić information content (AvgIpc) is 1.89. The van der Waals surface area contributed by atoms with Gasteiger partial charge in [0, 0.05) is 6.42 Å². The van der Waals surface area contributed by atoms with E-state index in [1.165, 1.54) is 0 Å². The summed E-state index contributed by atoms with van der Waals surface area (Å²) in [5.74, 6) is -0.122. The van der Waals surface area contributed by atoms with Crippen LogP contribution < -0.4 is 0 Å². The van der Waals surface area contributed by atoms with Gasteiger partial charge in [0.1, 0.15) is 0 Å². The van der Waals surface area contributed by atoms with Crippen LogP contribution in [0.3, 0.4) is 0 Å². The van der Waals surface area contributed by atoms with Crippen molar-refractivity contribution in [1.29, 1.82) is 0 Å². The molecule has 2 heteroatoms. The Labute approximate surface area is 62.6 Å². The summed E-state index contributed by atoms with van der Waals surface area (Å²) in [6, 6.07) is 0. The van der Waals surface area contributed by atoms with E-state index in [-0.39, 0.29) is 5.97 Å². The Balaban J connectivity index is 3.05. The van der Waals surface area contributed by atoms with Gasteiger partial charge in [-0.05, 0) is 12.8 Å². The SMILES string of the molecule is [CH2]CCC(=O)OCCCC. The lowest BCUT2D eigenvalue weighted by molar-refractivity contribution is -0.143. The van der Waals surface area contributed by atoms with Crippen LogP contribution in [-0.4, -0.2) is 12.6 Å². The van der Waals surface area contributed by atoms with Crippen molar-refractivity contribution >= 4 is 5.97 Å². The Kier molecular flexibility index (Phi) is 6.24. The molecular formula is C8H15O2. The molecule has 0 atom stereocenters. The van der Waals surface area contributed by atoms with Crippen molar-refractivity contribution in [1.82, 2.24) is 0 Å². The van der Waals surface area contributed by atoms with E-state index in [0.717, 1.165) is 12.8 Å². The Morgan fingerprint density at radius 3 is 2.80 bits per heavy atom. The number of carbonyl (C=O) groups excluding carboxylic acids is 1. The number of unbranched alkanes of at least 4 members (excludes halogenated alkanes) is 1. The second-order valence-electron chi connectivity index (χ2n) is 2.18. The highest BCUT2D eigenvalue weighted by molar-refractivity contribution is 5.69. The highest BCUT2D eigenvalue weighted by Crippen LogP contribution is 1.93. The van der Waals surface area contributed by atoms with Crippen molar-refractivity contribution in [2.45, 2.75) is 32.6 Å². The Morgan fingerprint density at radius 2 is 2.30 bits per heavy atom. The molecule has 0 saturated heterocycles. The zero-order valence-electron chi connectivity index (χ0n) is 6.56. The van der Waals surface area contributed by atoms with Crippen LogP contribution in [0.4, 0.5) is 0 Å². The molecule has 0 bridgehead atoms. The normalized spacial score (nSPS) is 9.40. The van der Waals surface area contributed by atoms with Crippen molar-refractivity contribution in [3.63, 3.8) is 0 Å². The van der Waals surface area contributed by atoms with Gasteiger partial charge in [-0.1, -0.05) is 20.3 Å². The number of rotatable bonds is 5. The standard InChI is InChI=1S/C8H15O2/c1-3-5-7-10-8(9)6-4-2/h2-7H2,1H3. The molecule has 0 unspecified atom stereocenters. The molecule has 0 aliphatic carbocycles. The van der Waals surface area contributed by atoms with Crippen molar-refractivity contribution in [2.24, 2.45) is 0 Å². The second kappa shape index (κ2) is 6.59. The van der Waals surface area contributed by atoms with Gasteiger partial charge in [-0.15, -0.1) is 0 Å². The molecule has 0 rings (SSSR count). The summed E-state index contributed by atoms with van der Waals surface area (Å²) in [4.78, 5) is 10.7. The maximum atomic E-state index is 10.7. The van der Waals surface area contributed by atoms with Gasteiger partial charge in [0.15, 0.2) is 0 Å². The zero-order valence-corrected chi connectivity index (χ0v) is 6.56. The molecule has 0 aromatic rings. The quantitative estimate of drug-likeness (QED) is 0.434. The van der Waals surface area contributed by atoms with Crippen LogP contribution in [0.25, 0.3) is 0 Å². The van der Waals surface area contributed by atoms with E-state index in [4.69, 9.17) is 4.74 Å². The lowest BCUT2D eigenvalue weighted by Gasteiger charge is -2.00. The fourth-order valence-electron chi connectivity index (χ4n) is 0.547. The first-order chi connectivity index (χ1) is 4.81. The Hall–Kier alpha value is -0.530. The molecule has 0 aromatic heterocycles. The fourth-order valence-corrected chi connectivity index (χ4v) is 0.547. The highest BCUT2D eigenvalue weighted by Gasteiger charge is 1.97. The van der Waals surface area contributed by atoms with Crippen LogP contribution in [0.2, 0.25) is 0 Å². The second-order valence-corrected chi connectivity index (χ2v) is 2.18. The number of carbonyl (C=O) groups is 1. The van der Waals surface area contributed by atoms with Gasteiger partial charge in [-0.25, -0.2) is 0 Å². The first-order valence-corrected chi connectivity index (χ1v) is 3.76. The van der Waals surface area contributed by atoms with E-state index in [2.05, 4.69) is 13.8 Å². The number of ether oxygens (including phenoxy) is 1. The van der Waals surface area contributed by atoms with Crippen LogP contribution in [0.15, 0.2) is 0 Å². The summed E-state index contributed by atoms with van der Waals surface area (Å²) < 4.78 is 4.84. The first kappa shape index (κ1) is 9.47. The summed E-state index contributed by atoms with van der Waals surface area (Å²) in [7, 11) is 0. The molecule has 0 saturated carbocycles. The monoisotopic (exact) mass is 143 g/mol. The van der Waals surface area contributed by atoms with Crippen molar-refractivity contribution < 1.29 is 9.53 Å². The van der Waals surface area contributed by atoms with Crippen LogP contribution in [-0.2, 0) is 9.53 Å². The van der Waals surface area contributed by atoms with Crippen LogP contribution in [0.5, 0.6) is 0 Å². The minimum atomic E-state index is -0.122. The molecule has 10 heavy (non-hydrogen) atoms. The van der Waals surface area contributed by atoms with E-state index in [1.807, 2.05) is 0 Å². The molecule has 0 heterocycles. The Morgan fingerprint density at radius 1 is 1.60 bits per heavy atom. The van der Waals surface area contributed by atoms with Crippen LogP contribution >= 0.6 is 0 Å². The van der Waals surface area contributed by atoms with Crippen molar-refractivity contribution in [2.75, 3.05) is 6.61 Å². The van der Waals surface area contributed by atoms with Crippen LogP contribution in [0, 0.1) is 6.92 Å². The van der Waals surface area contributed by atoms with Gasteiger partial charge in [0.05, 0.1) is 6.61 Å². The third-order valence-electron chi connectivity index (χ3n) is 1.14. The minimum Gasteiger partial charge on any atom is -0.466 e. The summed E-state index contributed by atoms with van der Waals surface area (Å²) in [5.41, 5.74) is 0. The third kappa shape index (κ3) is 5.60. The lowest BCUT2D eigenvalue weighted by Crippen LogP contribution is -2.04. The highest BCUT2D eigenvalue weighted by atomic mass is 16.5. The molecule has 59 valence electrons. The average molecular weight is 143 g/mol. The Bertz CT molecular complexity index is 89.3. The molecular weight excluding hydrogens is 128 g/mol. The van der Waals surface area contributed by atoms with Gasteiger partial charge in [0.2, 0.25) is 0 Å². The minimum absolute atomic E-state index is 0.122. The molecule has 0 amide bonds. The van der Waals surface area contributed by atoms with Gasteiger partial charge >= 0.3 is 5.97 Å². The van der Waals surface area contributed by atoms with Gasteiger partial charge in [-0.2, -0.15) is 0 Å². The molecule has 0 fully saturated rings. The number of hydrogen-bond donors (Lipinski definition) is 0. The van der Waals surface area contributed by atoms with Crippen molar-refractivity contribution in [3.8, 4) is 0 Å². The molecule has 2 nitrogen and oxygen atoms in total. The summed E-state index contributed by atoms with van der Waals surface area (Å²) in [6.07, 6.45) is 3.11. The predicted molar refractivity (Wildman–Crippen MR) is 40.5 cm³/mol. The topological polar surface area (TPSA) is 26.3 Å². The summed E-state index contributed by atoms with van der Waals surface area (Å²) >= 11 is 0. The predicted octanol–water partition coefficient (Wildman–Crippen LogP) is 1.94. The van der Waals surface area contributed by atoms with Gasteiger partial charge < -0.3 is 4.74 Å². The van der Waals surface area contributed by atoms with Crippen LogP contribution in [0.1, 0.15) is 32.6 Å². The molecule has 0 aliphatic heterocycles. The van der Waals surface area contributed by atoms with Gasteiger partial charge in [-0.3, -0.25) is 4.79 Å². The molecule has 0 N–H and O–H groups in total. The molecule has 1 radical (unpaired) electrons. The summed E-state index contributed by atoms with van der Waals surface area (Å²) in [5, 5.41) is 0. The third-order valence-corrected chi connectivity index (χ3v) is 1.14. The largest absolute Gasteiger partial charge is 0.466 e. The fraction of sp³-hybridized carbons (Fsp3) is 0.750. The van der Waals surface area contributed by atoms with E-state index in [9.17, 15) is 4.79 Å². The molecule has 0 aromatic carbocycles. The number of esters is 1. The molecule has 0 aliphatic rings. The lowest BCUT2D eigenvalue weighted by atomic mass is 10.3. The van der Waals surface area contributed by atoms with Gasteiger partial charge in [0.25, 0.3) is 0 Å². The number of hydrogen-bond acceptors (Lipinski definition) is 2. The summed E-state index contributed by atoms with van der Waals surface area (Å²) in [6.45, 7) is 6.18. The first-order valence-electron chi connectivity index (χ1n) is 3.76. The van der Waals surface area contributed by atoms with E-state index >= 15 is 0 Å².